The Kier molecular flexibility index (Phi) is 4.99. The Bertz CT molecular complexity index is 383. The molecule has 0 fully saturated rings. The Hall–Kier alpha value is -2.05. The summed E-state index contributed by atoms with van der Waals surface area (Å²) in [6.07, 6.45) is 0.903. The predicted molar refractivity (Wildman–Crippen MR) is 64.8 cm³/mol. The molecule has 0 radical (unpaired) electrons. The van der Waals surface area contributed by atoms with E-state index in [1.54, 1.807) is 6.07 Å². The van der Waals surface area contributed by atoms with Crippen molar-refractivity contribution in [1.82, 2.24) is 15.3 Å². The lowest BCUT2D eigenvalue weighted by Crippen LogP contribution is -2.30. The third-order valence-electron chi connectivity index (χ3n) is 1.93. The Morgan fingerprint density at radius 3 is 2.94 bits per heavy atom. The van der Waals surface area contributed by atoms with Crippen LogP contribution in [0.15, 0.2) is 6.07 Å². The molecule has 94 valence electrons. The number of anilines is 2. The summed E-state index contributed by atoms with van der Waals surface area (Å²) in [4.78, 5) is 19.1. The first-order valence-corrected chi connectivity index (χ1v) is 5.34. The molecular weight excluding hydrogens is 222 g/mol. The second-order valence-corrected chi connectivity index (χ2v) is 3.36. The van der Waals surface area contributed by atoms with E-state index in [2.05, 4.69) is 20.6 Å². The third-order valence-corrected chi connectivity index (χ3v) is 1.93. The first-order valence-electron chi connectivity index (χ1n) is 5.34. The summed E-state index contributed by atoms with van der Waals surface area (Å²) < 4.78 is 4.94. The Morgan fingerprint density at radius 2 is 2.29 bits per heavy atom. The van der Waals surface area contributed by atoms with Crippen molar-refractivity contribution in [2.24, 2.45) is 0 Å². The number of hydrogen-bond donors (Lipinski definition) is 3. The van der Waals surface area contributed by atoms with E-state index in [1.807, 2.05) is 6.92 Å². The fourth-order valence-electron chi connectivity index (χ4n) is 1.14. The minimum absolute atomic E-state index is 0.0944. The lowest BCUT2D eigenvalue weighted by Gasteiger charge is -2.07. The highest BCUT2D eigenvalue weighted by Gasteiger charge is 2.04. The second-order valence-electron chi connectivity index (χ2n) is 3.36. The number of ether oxygens (including phenoxy) is 1. The molecule has 0 spiro atoms. The maximum absolute atomic E-state index is 11.3. The van der Waals surface area contributed by atoms with E-state index >= 15 is 0 Å². The van der Waals surface area contributed by atoms with Crippen LogP contribution < -0.4 is 21.1 Å². The fourth-order valence-corrected chi connectivity index (χ4v) is 1.14. The van der Waals surface area contributed by atoms with Crippen molar-refractivity contribution < 1.29 is 9.53 Å². The highest BCUT2D eigenvalue weighted by atomic mass is 16.5. The highest BCUT2D eigenvalue weighted by Crippen LogP contribution is 2.13. The molecule has 7 heteroatoms. The van der Waals surface area contributed by atoms with E-state index in [0.717, 1.165) is 6.42 Å². The molecule has 1 heterocycles. The van der Waals surface area contributed by atoms with Gasteiger partial charge in [-0.05, 0) is 6.42 Å². The summed E-state index contributed by atoms with van der Waals surface area (Å²) in [6, 6.07) is 1.57. The van der Waals surface area contributed by atoms with Crippen LogP contribution in [0.3, 0.4) is 0 Å². The summed E-state index contributed by atoms with van der Waals surface area (Å²) in [5, 5.41) is 5.58. The molecular formula is C10H17N5O2. The number of rotatable bonds is 6. The van der Waals surface area contributed by atoms with Gasteiger partial charge < -0.3 is 21.1 Å². The van der Waals surface area contributed by atoms with Gasteiger partial charge in [0.1, 0.15) is 5.82 Å². The quantitative estimate of drug-likeness (QED) is 0.646. The van der Waals surface area contributed by atoms with Gasteiger partial charge in [-0.3, -0.25) is 4.79 Å². The van der Waals surface area contributed by atoms with Crippen molar-refractivity contribution in [3.8, 4) is 5.88 Å². The first-order chi connectivity index (χ1) is 8.15. The number of nitrogens with zero attached hydrogens (tertiary/aromatic N) is 2. The number of methoxy groups -OCH3 is 1. The summed E-state index contributed by atoms with van der Waals surface area (Å²) in [5.74, 6) is 0.818. The molecule has 1 rings (SSSR count). The zero-order chi connectivity index (χ0) is 12.7. The summed E-state index contributed by atoms with van der Waals surface area (Å²) in [6.45, 7) is 2.79. The topological polar surface area (TPSA) is 102 Å². The third kappa shape index (κ3) is 4.54. The number of carbonyl (C=O) groups excluding carboxylic acids is 1. The number of aromatic nitrogens is 2. The Labute approximate surface area is 99.8 Å². The number of carbonyl (C=O) groups is 1. The first kappa shape index (κ1) is 13.0. The molecule has 0 saturated carbocycles. The number of hydrogen-bond acceptors (Lipinski definition) is 6. The van der Waals surface area contributed by atoms with Gasteiger partial charge in [-0.2, -0.15) is 9.97 Å². The number of amides is 1. The molecule has 0 bridgehead atoms. The molecule has 0 saturated heterocycles. The highest BCUT2D eigenvalue weighted by molar-refractivity contribution is 5.80. The fraction of sp³-hybridized carbons (Fsp3) is 0.500. The predicted octanol–water partition coefficient (Wildman–Crippen LogP) is 0.00550. The van der Waals surface area contributed by atoms with E-state index in [-0.39, 0.29) is 18.4 Å². The van der Waals surface area contributed by atoms with Crippen molar-refractivity contribution in [3.63, 3.8) is 0 Å². The number of nitrogens with one attached hydrogen (secondary N) is 2. The Morgan fingerprint density at radius 1 is 1.53 bits per heavy atom. The molecule has 0 aliphatic rings. The van der Waals surface area contributed by atoms with Crippen LogP contribution in [0.5, 0.6) is 5.88 Å². The van der Waals surface area contributed by atoms with Gasteiger partial charge in [-0.1, -0.05) is 6.92 Å². The van der Waals surface area contributed by atoms with E-state index in [1.165, 1.54) is 7.11 Å². The zero-order valence-corrected chi connectivity index (χ0v) is 9.99. The summed E-state index contributed by atoms with van der Waals surface area (Å²) in [7, 11) is 1.49. The van der Waals surface area contributed by atoms with Gasteiger partial charge >= 0.3 is 0 Å². The van der Waals surface area contributed by atoms with Gasteiger partial charge in [-0.15, -0.1) is 0 Å². The molecule has 1 amide bonds. The molecule has 1 aromatic heterocycles. The molecule has 0 atom stereocenters. The van der Waals surface area contributed by atoms with Gasteiger partial charge in [0, 0.05) is 12.6 Å². The van der Waals surface area contributed by atoms with Gasteiger partial charge in [-0.25, -0.2) is 0 Å². The van der Waals surface area contributed by atoms with Gasteiger partial charge in [0.2, 0.25) is 17.7 Å². The molecule has 0 unspecified atom stereocenters. The summed E-state index contributed by atoms with van der Waals surface area (Å²) >= 11 is 0. The lowest BCUT2D eigenvalue weighted by molar-refractivity contribution is -0.119. The zero-order valence-electron chi connectivity index (χ0n) is 9.99. The Balaban J connectivity index is 2.51. The van der Waals surface area contributed by atoms with Gasteiger partial charge in [0.05, 0.1) is 13.7 Å². The monoisotopic (exact) mass is 239 g/mol. The molecule has 4 N–H and O–H groups in total. The van der Waals surface area contributed by atoms with E-state index in [4.69, 9.17) is 10.5 Å². The maximum atomic E-state index is 11.3. The number of nitrogens with two attached hydrogens (primary N) is 1. The van der Waals surface area contributed by atoms with Crippen LogP contribution in [0.1, 0.15) is 13.3 Å². The van der Waals surface area contributed by atoms with E-state index < -0.39 is 0 Å². The van der Waals surface area contributed by atoms with Crippen LogP contribution in [0.25, 0.3) is 0 Å². The van der Waals surface area contributed by atoms with Crippen LogP contribution in [0, 0.1) is 0 Å². The molecule has 0 aliphatic carbocycles. The number of nitrogen functional groups attached to an aromatic ring is 1. The van der Waals surface area contributed by atoms with Crippen molar-refractivity contribution in [2.75, 3.05) is 31.2 Å². The minimum atomic E-state index is -0.0944. The maximum Gasteiger partial charge on any atom is 0.239 e. The average molecular weight is 239 g/mol. The van der Waals surface area contributed by atoms with Crippen LogP contribution in [-0.2, 0) is 4.79 Å². The standard InChI is InChI=1S/C10H17N5O2/c1-3-4-12-8(16)6-13-7-5-9(17-2)15-10(11)14-7/h5H,3-4,6H2,1-2H3,(H,12,16)(H3,11,13,14,15). The largest absolute Gasteiger partial charge is 0.481 e. The smallest absolute Gasteiger partial charge is 0.239 e. The normalized spacial score (nSPS) is 9.76. The molecule has 1 aromatic rings. The van der Waals surface area contributed by atoms with Crippen LogP contribution in [0.4, 0.5) is 11.8 Å². The van der Waals surface area contributed by atoms with Crippen molar-refractivity contribution in [2.45, 2.75) is 13.3 Å². The minimum Gasteiger partial charge on any atom is -0.481 e. The lowest BCUT2D eigenvalue weighted by atomic mass is 10.4. The van der Waals surface area contributed by atoms with Gasteiger partial charge in [0.25, 0.3) is 0 Å². The average Bonchev–Trinajstić information content (AvgIpc) is 2.33. The van der Waals surface area contributed by atoms with Crippen molar-refractivity contribution in [1.29, 1.82) is 0 Å². The summed E-state index contributed by atoms with van der Waals surface area (Å²) in [5.41, 5.74) is 5.48. The second kappa shape index (κ2) is 6.51. The van der Waals surface area contributed by atoms with Crippen LogP contribution in [0.2, 0.25) is 0 Å². The molecule has 7 nitrogen and oxygen atoms in total. The molecule has 0 aliphatic heterocycles. The van der Waals surface area contributed by atoms with Crippen LogP contribution >= 0.6 is 0 Å². The SMILES string of the molecule is CCCNC(=O)CNc1cc(OC)nc(N)n1. The van der Waals surface area contributed by atoms with Crippen molar-refractivity contribution in [3.05, 3.63) is 6.07 Å². The van der Waals surface area contributed by atoms with E-state index in [0.29, 0.717) is 18.2 Å². The molecule has 0 aromatic carbocycles. The van der Waals surface area contributed by atoms with Crippen LogP contribution in [-0.4, -0.2) is 36.1 Å². The molecule has 17 heavy (non-hydrogen) atoms. The van der Waals surface area contributed by atoms with E-state index in [9.17, 15) is 4.79 Å². The van der Waals surface area contributed by atoms with Crippen molar-refractivity contribution >= 4 is 17.7 Å². The van der Waals surface area contributed by atoms with Gasteiger partial charge in [0.15, 0.2) is 0 Å².